The molecule has 7 heteroatoms. The van der Waals surface area contributed by atoms with E-state index >= 15 is 0 Å². The van der Waals surface area contributed by atoms with Gasteiger partial charge in [-0.1, -0.05) is 0 Å². The fourth-order valence-electron chi connectivity index (χ4n) is 0. The molecule has 8 radical (unpaired) electrons. The van der Waals surface area contributed by atoms with Crippen molar-refractivity contribution in [1.29, 1.82) is 0 Å². The summed E-state index contributed by atoms with van der Waals surface area (Å²) >= 11 is 4.50. The summed E-state index contributed by atoms with van der Waals surface area (Å²) in [7, 11) is 0. The van der Waals surface area contributed by atoms with E-state index in [1.165, 1.54) is 0 Å². The van der Waals surface area contributed by atoms with Crippen LogP contribution in [0.4, 0.5) is 4.79 Å². The molecule has 0 aromatic rings. The predicted molar refractivity (Wildman–Crippen MR) is 36.5 cm³/mol. The van der Waals surface area contributed by atoms with Crippen LogP contribution in [0.25, 0.3) is 0 Å². The van der Waals surface area contributed by atoms with Gasteiger partial charge in [-0.15, -0.1) is 0 Å². The Labute approximate surface area is 82.0 Å². The third kappa shape index (κ3) is 163. The van der Waals surface area contributed by atoms with E-state index in [2.05, 4.69) is 13.7 Å². The van der Waals surface area contributed by atoms with Gasteiger partial charge in [0.2, 0.25) is 0 Å². The molecule has 0 heterocycles. The van der Waals surface area contributed by atoms with Gasteiger partial charge in [0, 0.05) is 0 Å². The molecule has 0 fully saturated rings. The third-order valence-electron chi connectivity index (χ3n) is 0. The van der Waals surface area contributed by atoms with Gasteiger partial charge in [0.25, 0.3) is 0 Å². The van der Waals surface area contributed by atoms with Crippen molar-refractivity contribution >= 4 is 67.6 Å². The van der Waals surface area contributed by atoms with Crippen LogP contribution in [0, 0.1) is 0 Å². The Morgan fingerprint density at radius 3 is 1.25 bits per heavy atom. The van der Waals surface area contributed by atoms with Crippen molar-refractivity contribution in [2.45, 2.75) is 0 Å². The average molecular weight is 380 g/mol. The summed E-state index contributed by atoms with van der Waals surface area (Å²) in [5.74, 6) is 0. The van der Waals surface area contributed by atoms with E-state index in [1.807, 2.05) is 13.7 Å². The zero-order chi connectivity index (χ0) is 5.58. The van der Waals surface area contributed by atoms with Crippen LogP contribution in [0.1, 0.15) is 0 Å². The van der Waals surface area contributed by atoms with Crippen LogP contribution in [0.3, 0.4) is 0 Å². The number of hydrogen-bond donors (Lipinski definition) is 2. The second kappa shape index (κ2) is 23.8. The number of rotatable bonds is 0. The molecule has 0 spiro atoms. The molecule has 0 amide bonds. The fourth-order valence-corrected chi connectivity index (χ4v) is 0. The Kier molecular flexibility index (Phi) is 67.9. The van der Waals surface area contributed by atoms with E-state index in [1.54, 1.807) is 0 Å². The fraction of sp³-hybridized carbons (Fsp3) is 0. The molecule has 2 N–H and O–H groups in total. The van der Waals surface area contributed by atoms with Crippen molar-refractivity contribution in [1.82, 2.24) is 0 Å². The molecule has 0 rings (SSSR count). The van der Waals surface area contributed by atoms with Crippen molar-refractivity contribution < 1.29 is 15.0 Å². The Bertz CT molecular complexity index is 42.5. The summed E-state index contributed by atoms with van der Waals surface area (Å²) in [5, 5.41) is 13.9. The normalized spacial score (nSPS) is 3.62. The van der Waals surface area contributed by atoms with Gasteiger partial charge in [-0.2, -0.15) is 0 Å². The Morgan fingerprint density at radius 1 is 1.25 bits per heavy atom. The molecule has 0 bridgehead atoms. The van der Waals surface area contributed by atoms with Gasteiger partial charge in [-0.3, -0.25) is 0 Å². The van der Waals surface area contributed by atoms with Gasteiger partial charge in [-0.05, 0) is 0 Å². The van der Waals surface area contributed by atoms with Crippen molar-refractivity contribution in [3.63, 3.8) is 0 Å². The topological polar surface area (TPSA) is 57.5 Å². The molecule has 0 saturated carbocycles. The summed E-state index contributed by atoms with van der Waals surface area (Å²) in [6, 6.07) is 0. The van der Waals surface area contributed by atoms with E-state index in [9.17, 15) is 0 Å². The first-order valence-corrected chi connectivity index (χ1v) is 6.16. The Morgan fingerprint density at radius 2 is 1.25 bits per heavy atom. The Hall–Kier alpha value is 1.35. The third-order valence-corrected chi connectivity index (χ3v) is 0. The number of carbonyl (C=O) groups is 1. The molecule has 0 aromatic heterocycles. The van der Waals surface area contributed by atoms with Crippen molar-refractivity contribution in [2.75, 3.05) is 0 Å². The first kappa shape index (κ1) is 22.8. The predicted octanol–water partition coefficient (Wildman–Crippen LogP) is -1.84. The van der Waals surface area contributed by atoms with Crippen LogP contribution in [-0.2, 0) is 0 Å². The molecular formula is CH4O3Se4+4. The zero-order valence-electron chi connectivity index (χ0n) is 3.53. The van der Waals surface area contributed by atoms with Crippen LogP contribution < -0.4 is 0 Å². The molecule has 3 nitrogen and oxygen atoms in total. The minimum atomic E-state index is -1.83. The van der Waals surface area contributed by atoms with Crippen molar-refractivity contribution in [3.8, 4) is 0 Å². The summed E-state index contributed by atoms with van der Waals surface area (Å²) in [5.41, 5.74) is 0. The van der Waals surface area contributed by atoms with Gasteiger partial charge >= 0.3 is 67.6 Å². The second-order valence-corrected chi connectivity index (χ2v) is 0.283. The molecule has 0 aliphatic heterocycles. The maximum absolute atomic E-state index is 8.56. The van der Waals surface area contributed by atoms with Gasteiger partial charge in [-0.25, -0.2) is 4.79 Å². The monoisotopic (exact) mass is 384 g/mol. The molecule has 46 valence electrons. The molecule has 0 atom stereocenters. The number of carboxylic acid groups (broad SMARTS) is 2. The average Bonchev–Trinajstić information content (AvgIpc) is 1.41. The van der Waals surface area contributed by atoms with Gasteiger partial charge in [0.1, 0.15) is 0 Å². The van der Waals surface area contributed by atoms with Crippen LogP contribution in [0.15, 0.2) is 0 Å². The first-order valence-electron chi connectivity index (χ1n) is 0.855. The summed E-state index contributed by atoms with van der Waals surface area (Å²) in [6.45, 7) is 0. The van der Waals surface area contributed by atoms with Crippen LogP contribution >= 0.6 is 0 Å². The quantitative estimate of drug-likeness (QED) is 0.487. The van der Waals surface area contributed by atoms with Crippen molar-refractivity contribution in [2.24, 2.45) is 0 Å². The molecule has 8 heavy (non-hydrogen) atoms. The number of hydrogen-bond acceptors (Lipinski definition) is 1. The molecular weight excluding hydrogens is 376 g/mol. The van der Waals surface area contributed by atoms with Gasteiger partial charge in [0.05, 0.1) is 0 Å². The minimum absolute atomic E-state index is 0. The van der Waals surface area contributed by atoms with Crippen LogP contribution in [0.2, 0.25) is 0 Å². The molecule has 0 unspecified atom stereocenters. The zero-order valence-corrected chi connectivity index (χ0v) is 10.8. The molecule has 0 aliphatic rings. The molecule has 0 aliphatic carbocycles. The van der Waals surface area contributed by atoms with Gasteiger partial charge in [0.15, 0.2) is 0 Å². The summed E-state index contributed by atoms with van der Waals surface area (Å²) in [4.78, 5) is 8.56. The summed E-state index contributed by atoms with van der Waals surface area (Å²) < 4.78 is 0. The van der Waals surface area contributed by atoms with Crippen LogP contribution in [-0.4, -0.2) is 77.8 Å². The van der Waals surface area contributed by atoms with Gasteiger partial charge < -0.3 is 10.2 Å². The second-order valence-electron chi connectivity index (χ2n) is 0.283. The maximum atomic E-state index is 8.56. The molecule has 0 aromatic carbocycles. The SMILES string of the molecule is O=C(O)O.[Se+2].[Se+2].[Se]=[SeH2]. The summed E-state index contributed by atoms with van der Waals surface area (Å²) in [6.07, 6.45) is -1.83. The van der Waals surface area contributed by atoms with E-state index in [0.717, 1.165) is 0 Å². The van der Waals surface area contributed by atoms with E-state index in [-0.39, 0.29) is 34.1 Å². The van der Waals surface area contributed by atoms with E-state index < -0.39 is 6.16 Å². The first-order chi connectivity index (χ1) is 2.73. The standard InChI is InChI=1S/CH2O3.H2Se2.2Se/c2-1(3)4;1-2;;/h(H2,2,3,4);1H2;;/q;;2*+2. The molecule has 0 saturated heterocycles. The van der Waals surface area contributed by atoms with E-state index in [0.29, 0.717) is 0 Å². The Balaban J connectivity index is -0.0000000183. The van der Waals surface area contributed by atoms with E-state index in [4.69, 9.17) is 15.0 Å². The van der Waals surface area contributed by atoms with Crippen LogP contribution in [0.5, 0.6) is 0 Å². The van der Waals surface area contributed by atoms with Crippen molar-refractivity contribution in [3.05, 3.63) is 0 Å².